The highest BCUT2D eigenvalue weighted by Crippen LogP contribution is 2.45. The maximum absolute atomic E-state index is 13.3. The number of rotatable bonds is 3. The lowest BCUT2D eigenvalue weighted by Crippen LogP contribution is -2.37. The van der Waals surface area contributed by atoms with Gasteiger partial charge in [0.1, 0.15) is 17.2 Å². The van der Waals surface area contributed by atoms with Crippen LogP contribution in [-0.2, 0) is 0 Å². The Labute approximate surface area is 146 Å². The van der Waals surface area contributed by atoms with E-state index in [0.29, 0.717) is 17.7 Å². The minimum Gasteiger partial charge on any atom is -0.481 e. The maximum Gasteiger partial charge on any atom is 0.141 e. The average Bonchev–Trinajstić information content (AvgIpc) is 2.60. The maximum atomic E-state index is 13.3. The first kappa shape index (κ1) is 16.4. The number of thiol groups is 1. The second-order valence-electron chi connectivity index (χ2n) is 5.88. The number of ether oxygens (including phenoxy) is 1. The molecule has 0 aromatic heterocycles. The van der Waals surface area contributed by atoms with E-state index in [1.807, 2.05) is 32.0 Å². The lowest BCUT2D eigenvalue weighted by molar-refractivity contribution is 0.124. The van der Waals surface area contributed by atoms with Crippen LogP contribution in [0.4, 0.5) is 10.1 Å². The minimum absolute atomic E-state index is 0.307. The molecule has 0 spiro atoms. The van der Waals surface area contributed by atoms with Crippen molar-refractivity contribution < 1.29 is 9.13 Å². The summed E-state index contributed by atoms with van der Waals surface area (Å²) in [6.07, 6.45) is 0.637. The number of benzene rings is 2. The first-order valence-electron chi connectivity index (χ1n) is 7.66. The summed E-state index contributed by atoms with van der Waals surface area (Å²) in [5.74, 6) is 0.370. The monoisotopic (exact) mass is 340 g/mol. The lowest BCUT2D eigenvalue weighted by atomic mass is 9.81. The summed E-state index contributed by atoms with van der Waals surface area (Å²) in [4.78, 5) is 0. The van der Waals surface area contributed by atoms with Gasteiger partial charge in [-0.15, -0.1) is 0 Å². The highest BCUT2D eigenvalue weighted by molar-refractivity contribution is 7.81. The van der Waals surface area contributed by atoms with Gasteiger partial charge in [-0.25, -0.2) is 4.39 Å². The lowest BCUT2D eigenvalue weighted by Gasteiger charge is -2.36. The van der Waals surface area contributed by atoms with Crippen molar-refractivity contribution in [2.75, 3.05) is 4.72 Å². The Bertz CT molecular complexity index is 855. The summed E-state index contributed by atoms with van der Waals surface area (Å²) >= 11 is 4.07. The van der Waals surface area contributed by atoms with Crippen molar-refractivity contribution in [3.05, 3.63) is 65.0 Å². The number of nitrogens with one attached hydrogen (secondary N) is 1. The number of anilines is 1. The van der Waals surface area contributed by atoms with Crippen LogP contribution in [0, 0.1) is 17.1 Å². The third-order valence-corrected chi connectivity index (χ3v) is 4.67. The highest BCUT2D eigenvalue weighted by atomic mass is 32.1. The van der Waals surface area contributed by atoms with Gasteiger partial charge >= 0.3 is 0 Å². The highest BCUT2D eigenvalue weighted by Gasteiger charge is 2.38. The van der Waals surface area contributed by atoms with Gasteiger partial charge in [-0.3, -0.25) is 0 Å². The molecule has 2 aromatic rings. The van der Waals surface area contributed by atoms with Gasteiger partial charge < -0.3 is 9.46 Å². The predicted molar refractivity (Wildman–Crippen MR) is 96.4 cm³/mol. The molecule has 0 aliphatic carbocycles. The van der Waals surface area contributed by atoms with Crippen LogP contribution in [0.15, 0.2) is 48.0 Å². The van der Waals surface area contributed by atoms with Crippen LogP contribution in [0.5, 0.6) is 5.75 Å². The van der Waals surface area contributed by atoms with E-state index >= 15 is 0 Å². The third-order valence-electron chi connectivity index (χ3n) is 4.41. The second kappa shape index (κ2) is 6.21. The van der Waals surface area contributed by atoms with Gasteiger partial charge in [-0.05, 0) is 43.2 Å². The molecule has 0 bridgehead atoms. The Morgan fingerprint density at radius 3 is 2.54 bits per heavy atom. The molecule has 0 saturated heterocycles. The summed E-state index contributed by atoms with van der Waals surface area (Å²) in [5, 5.41) is 9.78. The molecule has 0 fully saturated rings. The molecule has 1 aliphatic rings. The first-order valence-corrected chi connectivity index (χ1v) is 8.11. The number of halogens is 1. The Hall–Kier alpha value is -2.45. The molecule has 0 amide bonds. The van der Waals surface area contributed by atoms with Gasteiger partial charge in [0.05, 0.1) is 11.6 Å². The van der Waals surface area contributed by atoms with Gasteiger partial charge in [0.25, 0.3) is 0 Å². The van der Waals surface area contributed by atoms with E-state index in [9.17, 15) is 9.65 Å². The van der Waals surface area contributed by atoms with E-state index in [-0.39, 0.29) is 5.82 Å². The number of hydrogen-bond acceptors (Lipinski definition) is 4. The van der Waals surface area contributed by atoms with Crippen molar-refractivity contribution in [2.24, 2.45) is 0 Å². The van der Waals surface area contributed by atoms with Gasteiger partial charge in [0, 0.05) is 22.9 Å². The molecular weight excluding hydrogens is 323 g/mol. The Kier molecular flexibility index (Phi) is 4.25. The molecule has 24 heavy (non-hydrogen) atoms. The molecule has 1 N–H and O–H groups in total. The molecule has 2 aromatic carbocycles. The predicted octanol–water partition coefficient (Wildman–Crippen LogP) is 4.97. The van der Waals surface area contributed by atoms with Gasteiger partial charge in [-0.2, -0.15) is 5.26 Å². The summed E-state index contributed by atoms with van der Waals surface area (Å²) < 4.78 is 22.3. The fourth-order valence-electron chi connectivity index (χ4n) is 2.92. The number of hydrogen-bond donors (Lipinski definition) is 2. The van der Waals surface area contributed by atoms with Crippen LogP contribution < -0.4 is 9.46 Å². The topological polar surface area (TPSA) is 45.0 Å². The van der Waals surface area contributed by atoms with E-state index in [1.54, 1.807) is 12.1 Å². The van der Waals surface area contributed by atoms with Crippen LogP contribution in [0.3, 0.4) is 0 Å². The first-order chi connectivity index (χ1) is 11.5. The molecule has 122 valence electrons. The molecule has 3 nitrogen and oxygen atoms in total. The van der Waals surface area contributed by atoms with Crippen molar-refractivity contribution in [3.8, 4) is 11.8 Å². The van der Waals surface area contributed by atoms with E-state index in [1.165, 1.54) is 12.1 Å². The number of nitrogens with zero attached hydrogens (tertiary/aromatic N) is 1. The van der Waals surface area contributed by atoms with Crippen molar-refractivity contribution >= 4 is 24.1 Å². The Morgan fingerprint density at radius 1 is 1.25 bits per heavy atom. The average molecular weight is 340 g/mol. The molecular formula is C19H17FN2OS. The van der Waals surface area contributed by atoms with Crippen LogP contribution in [0.1, 0.15) is 31.4 Å². The Morgan fingerprint density at radius 2 is 1.96 bits per heavy atom. The molecule has 5 heteroatoms. The Balaban J connectivity index is 2.31. The minimum atomic E-state index is -0.735. The van der Waals surface area contributed by atoms with Crippen LogP contribution in [-0.4, -0.2) is 5.60 Å². The van der Waals surface area contributed by atoms with Crippen LogP contribution in [0.2, 0.25) is 0 Å². The normalized spacial score (nSPS) is 19.3. The molecule has 1 atom stereocenters. The van der Waals surface area contributed by atoms with Gasteiger partial charge in [-0.1, -0.05) is 31.9 Å². The van der Waals surface area contributed by atoms with E-state index in [4.69, 9.17) is 4.74 Å². The molecule has 1 aliphatic heterocycles. The van der Waals surface area contributed by atoms with Crippen molar-refractivity contribution in [1.82, 2.24) is 0 Å². The molecule has 1 unspecified atom stereocenters. The molecule has 0 radical (unpaired) electrons. The standard InChI is InChI=1S/C19H17FN2OS/c1-3-19(2)16(11-21)18(12-4-6-13(20)7-5-12)15-9-8-14(22-24)10-17(15)23-19/h4-10,22,24H,3H2,1-2H3. The van der Waals surface area contributed by atoms with Crippen molar-refractivity contribution in [3.63, 3.8) is 0 Å². The number of fused-ring (bicyclic) bond motifs is 1. The quantitative estimate of drug-likeness (QED) is 0.776. The van der Waals surface area contributed by atoms with Gasteiger partial charge in [0.15, 0.2) is 0 Å². The van der Waals surface area contributed by atoms with Crippen LogP contribution in [0.25, 0.3) is 5.57 Å². The van der Waals surface area contributed by atoms with Crippen molar-refractivity contribution in [2.45, 2.75) is 25.9 Å². The zero-order valence-corrected chi connectivity index (χ0v) is 14.3. The number of nitriles is 1. The molecule has 0 saturated carbocycles. The third kappa shape index (κ3) is 2.63. The summed E-state index contributed by atoms with van der Waals surface area (Å²) in [6.45, 7) is 3.88. The molecule has 3 rings (SSSR count). The van der Waals surface area contributed by atoms with Crippen molar-refractivity contribution in [1.29, 1.82) is 5.26 Å². The zero-order chi connectivity index (χ0) is 17.3. The zero-order valence-electron chi connectivity index (χ0n) is 13.4. The summed E-state index contributed by atoms with van der Waals surface area (Å²) in [5.41, 5.74) is 3.01. The van der Waals surface area contributed by atoms with E-state index in [0.717, 1.165) is 22.4 Å². The van der Waals surface area contributed by atoms with E-state index < -0.39 is 5.60 Å². The summed E-state index contributed by atoms with van der Waals surface area (Å²) in [7, 11) is 0. The second-order valence-corrected chi connectivity index (χ2v) is 6.10. The molecule has 1 heterocycles. The summed E-state index contributed by atoms with van der Waals surface area (Å²) in [6, 6.07) is 14.1. The fourth-order valence-corrected chi connectivity index (χ4v) is 3.05. The van der Waals surface area contributed by atoms with Gasteiger partial charge in [0.2, 0.25) is 0 Å². The van der Waals surface area contributed by atoms with Crippen LogP contribution >= 0.6 is 12.8 Å². The van der Waals surface area contributed by atoms with E-state index in [2.05, 4.69) is 23.6 Å². The smallest absolute Gasteiger partial charge is 0.141 e. The SMILES string of the molecule is CCC1(C)Oc2cc(NS)ccc2C(c2ccc(F)cc2)=C1C#N. The largest absolute Gasteiger partial charge is 0.481 e. The fraction of sp³-hybridized carbons (Fsp3) is 0.211.